The lowest BCUT2D eigenvalue weighted by Gasteiger charge is -2.10. The van der Waals surface area contributed by atoms with Crippen LogP contribution in [0.3, 0.4) is 0 Å². The summed E-state index contributed by atoms with van der Waals surface area (Å²) in [6.45, 7) is 0.733. The minimum Gasteiger partial charge on any atom is -0.493 e. The maximum Gasteiger partial charge on any atom is 0.243 e. The van der Waals surface area contributed by atoms with Crippen molar-refractivity contribution in [2.24, 2.45) is 0 Å². The molecule has 0 aliphatic heterocycles. The van der Waals surface area contributed by atoms with Crippen LogP contribution in [0.2, 0.25) is 5.02 Å². The van der Waals surface area contributed by atoms with Crippen molar-refractivity contribution in [3.63, 3.8) is 0 Å². The summed E-state index contributed by atoms with van der Waals surface area (Å²) >= 11 is 5.93. The van der Waals surface area contributed by atoms with E-state index in [-0.39, 0.29) is 12.5 Å². The van der Waals surface area contributed by atoms with Gasteiger partial charge in [-0.3, -0.25) is 4.79 Å². The SMILES string of the molecule is O=C(CNc1cccc(Cl)c1)Nc1cccc(OCCc2ccccc2)c1. The highest BCUT2D eigenvalue weighted by atomic mass is 35.5. The van der Waals surface area contributed by atoms with Crippen LogP contribution >= 0.6 is 11.6 Å². The van der Waals surface area contributed by atoms with Crippen LogP contribution in [0.15, 0.2) is 78.9 Å². The summed E-state index contributed by atoms with van der Waals surface area (Å²) in [6, 6.07) is 24.8. The molecule has 0 fully saturated rings. The van der Waals surface area contributed by atoms with E-state index in [9.17, 15) is 4.79 Å². The minimum atomic E-state index is -0.142. The average Bonchev–Trinajstić information content (AvgIpc) is 2.68. The van der Waals surface area contributed by atoms with Crippen molar-refractivity contribution in [3.05, 3.63) is 89.4 Å². The molecule has 0 atom stereocenters. The van der Waals surface area contributed by atoms with E-state index in [0.717, 1.165) is 17.9 Å². The monoisotopic (exact) mass is 380 g/mol. The van der Waals surface area contributed by atoms with Gasteiger partial charge in [-0.05, 0) is 35.9 Å². The summed E-state index contributed by atoms with van der Waals surface area (Å²) < 4.78 is 5.79. The Balaban J connectivity index is 1.47. The molecule has 5 heteroatoms. The standard InChI is InChI=1S/C22H21ClN2O2/c23-18-8-4-9-19(14-18)24-16-22(26)25-20-10-5-11-21(15-20)27-13-12-17-6-2-1-3-7-17/h1-11,14-15,24H,12-13,16H2,(H,25,26). The number of benzene rings is 3. The molecule has 0 saturated carbocycles. The van der Waals surface area contributed by atoms with E-state index in [0.29, 0.717) is 17.3 Å². The highest BCUT2D eigenvalue weighted by Gasteiger charge is 2.04. The second kappa shape index (κ2) is 9.64. The Labute approximate surface area is 164 Å². The fourth-order valence-electron chi connectivity index (χ4n) is 2.58. The maximum atomic E-state index is 12.1. The number of anilines is 2. The van der Waals surface area contributed by atoms with E-state index in [4.69, 9.17) is 16.3 Å². The van der Waals surface area contributed by atoms with Gasteiger partial charge in [-0.1, -0.05) is 54.1 Å². The van der Waals surface area contributed by atoms with E-state index < -0.39 is 0 Å². The van der Waals surface area contributed by atoms with Crippen molar-refractivity contribution in [2.45, 2.75) is 6.42 Å². The Hall–Kier alpha value is -2.98. The minimum absolute atomic E-state index is 0.142. The van der Waals surface area contributed by atoms with Crippen LogP contribution in [0, 0.1) is 0 Å². The lowest BCUT2D eigenvalue weighted by atomic mass is 10.2. The van der Waals surface area contributed by atoms with Gasteiger partial charge in [0.1, 0.15) is 5.75 Å². The zero-order chi connectivity index (χ0) is 18.9. The van der Waals surface area contributed by atoms with Crippen molar-refractivity contribution in [1.82, 2.24) is 0 Å². The summed E-state index contributed by atoms with van der Waals surface area (Å²) in [5.41, 5.74) is 2.73. The van der Waals surface area contributed by atoms with Gasteiger partial charge in [0.2, 0.25) is 5.91 Å². The smallest absolute Gasteiger partial charge is 0.243 e. The summed E-state index contributed by atoms with van der Waals surface area (Å²) in [5, 5.41) is 6.53. The van der Waals surface area contributed by atoms with Crippen LogP contribution in [0.4, 0.5) is 11.4 Å². The van der Waals surface area contributed by atoms with E-state index in [2.05, 4.69) is 22.8 Å². The molecule has 27 heavy (non-hydrogen) atoms. The molecule has 0 aromatic heterocycles. The van der Waals surface area contributed by atoms with Gasteiger partial charge in [-0.15, -0.1) is 0 Å². The molecule has 1 amide bonds. The predicted molar refractivity (Wildman–Crippen MR) is 111 cm³/mol. The van der Waals surface area contributed by atoms with Gasteiger partial charge in [0.05, 0.1) is 13.2 Å². The molecule has 0 heterocycles. The third-order valence-electron chi connectivity index (χ3n) is 3.90. The van der Waals surface area contributed by atoms with Crippen LogP contribution in [0.1, 0.15) is 5.56 Å². The zero-order valence-corrected chi connectivity index (χ0v) is 15.6. The molecule has 3 rings (SSSR count). The van der Waals surface area contributed by atoms with Gasteiger partial charge in [-0.2, -0.15) is 0 Å². The summed E-state index contributed by atoms with van der Waals surface area (Å²) in [5.74, 6) is 0.586. The lowest BCUT2D eigenvalue weighted by molar-refractivity contribution is -0.114. The highest BCUT2D eigenvalue weighted by molar-refractivity contribution is 6.30. The molecule has 0 spiro atoms. The first-order chi connectivity index (χ1) is 13.2. The molecular weight excluding hydrogens is 360 g/mol. The Morgan fingerprint density at radius 2 is 1.67 bits per heavy atom. The number of carbonyl (C=O) groups is 1. The molecule has 2 N–H and O–H groups in total. The van der Waals surface area contributed by atoms with Crippen LogP contribution in [-0.4, -0.2) is 19.1 Å². The van der Waals surface area contributed by atoms with Crippen molar-refractivity contribution in [2.75, 3.05) is 23.8 Å². The van der Waals surface area contributed by atoms with Crippen molar-refractivity contribution < 1.29 is 9.53 Å². The molecule has 0 aliphatic carbocycles. The molecule has 3 aromatic carbocycles. The largest absolute Gasteiger partial charge is 0.493 e. The second-order valence-electron chi connectivity index (χ2n) is 6.02. The molecule has 0 radical (unpaired) electrons. The second-order valence-corrected chi connectivity index (χ2v) is 6.46. The zero-order valence-electron chi connectivity index (χ0n) is 14.8. The first kappa shape index (κ1) is 18.8. The topological polar surface area (TPSA) is 50.4 Å². The molecule has 0 aliphatic rings. The van der Waals surface area contributed by atoms with Gasteiger partial charge in [0.15, 0.2) is 0 Å². The van der Waals surface area contributed by atoms with Crippen LogP contribution in [-0.2, 0) is 11.2 Å². The van der Waals surface area contributed by atoms with Gasteiger partial charge < -0.3 is 15.4 Å². The van der Waals surface area contributed by atoms with Crippen molar-refractivity contribution in [3.8, 4) is 5.75 Å². The first-order valence-corrected chi connectivity index (χ1v) is 9.13. The Kier molecular flexibility index (Phi) is 6.72. The number of nitrogens with one attached hydrogen (secondary N) is 2. The summed E-state index contributed by atoms with van der Waals surface area (Å²) in [6.07, 6.45) is 0.834. The maximum absolute atomic E-state index is 12.1. The highest BCUT2D eigenvalue weighted by Crippen LogP contribution is 2.18. The quantitative estimate of drug-likeness (QED) is 0.577. The molecule has 0 unspecified atom stereocenters. The summed E-state index contributed by atoms with van der Waals surface area (Å²) in [4.78, 5) is 12.1. The molecule has 138 valence electrons. The molecular formula is C22H21ClN2O2. The van der Waals surface area contributed by atoms with Crippen molar-refractivity contribution >= 4 is 28.9 Å². The van der Waals surface area contributed by atoms with E-state index in [1.807, 2.05) is 54.6 Å². The fraction of sp³-hybridized carbons (Fsp3) is 0.136. The molecule has 3 aromatic rings. The van der Waals surface area contributed by atoms with Crippen LogP contribution < -0.4 is 15.4 Å². The first-order valence-electron chi connectivity index (χ1n) is 8.75. The Morgan fingerprint density at radius 3 is 2.48 bits per heavy atom. The number of carbonyl (C=O) groups excluding carboxylic acids is 1. The van der Waals surface area contributed by atoms with Gasteiger partial charge >= 0.3 is 0 Å². The number of hydrogen-bond acceptors (Lipinski definition) is 3. The number of hydrogen-bond donors (Lipinski definition) is 2. The Bertz CT molecular complexity index is 884. The number of halogens is 1. The van der Waals surface area contributed by atoms with Gasteiger partial charge in [-0.25, -0.2) is 0 Å². The van der Waals surface area contributed by atoms with Gasteiger partial charge in [0, 0.05) is 28.9 Å². The molecule has 4 nitrogen and oxygen atoms in total. The normalized spacial score (nSPS) is 10.3. The predicted octanol–water partition coefficient (Wildman–Crippen LogP) is 5.01. The number of amides is 1. The van der Waals surface area contributed by atoms with Crippen LogP contribution in [0.25, 0.3) is 0 Å². The van der Waals surface area contributed by atoms with Gasteiger partial charge in [0.25, 0.3) is 0 Å². The average molecular weight is 381 g/mol. The Morgan fingerprint density at radius 1 is 0.889 bits per heavy atom. The number of rotatable bonds is 8. The molecule has 0 saturated heterocycles. The summed E-state index contributed by atoms with van der Waals surface area (Å²) in [7, 11) is 0. The lowest BCUT2D eigenvalue weighted by Crippen LogP contribution is -2.21. The van der Waals surface area contributed by atoms with E-state index >= 15 is 0 Å². The molecule has 0 bridgehead atoms. The van der Waals surface area contributed by atoms with E-state index in [1.165, 1.54) is 5.56 Å². The van der Waals surface area contributed by atoms with Crippen LogP contribution in [0.5, 0.6) is 5.75 Å². The third kappa shape index (κ3) is 6.35. The van der Waals surface area contributed by atoms with Crippen molar-refractivity contribution in [1.29, 1.82) is 0 Å². The number of ether oxygens (including phenoxy) is 1. The van der Waals surface area contributed by atoms with E-state index in [1.54, 1.807) is 12.1 Å². The third-order valence-corrected chi connectivity index (χ3v) is 4.13. The fourth-order valence-corrected chi connectivity index (χ4v) is 2.77.